The second kappa shape index (κ2) is 5.43. The van der Waals surface area contributed by atoms with Crippen molar-refractivity contribution < 1.29 is 4.39 Å². The molecule has 0 unspecified atom stereocenters. The molecule has 5 rings (SSSR count). The average Bonchev–Trinajstić information content (AvgIpc) is 2.88. The first-order valence-electron chi connectivity index (χ1n) is 8.78. The van der Waals surface area contributed by atoms with Crippen LogP contribution in [-0.2, 0) is 5.41 Å². The minimum atomic E-state index is -0.264. The molecule has 0 amide bonds. The van der Waals surface area contributed by atoms with Crippen molar-refractivity contribution in [1.82, 2.24) is 4.98 Å². The lowest BCUT2D eigenvalue weighted by molar-refractivity contribution is 0.356. The van der Waals surface area contributed by atoms with Crippen molar-refractivity contribution in [3.63, 3.8) is 0 Å². The van der Waals surface area contributed by atoms with Gasteiger partial charge in [-0.3, -0.25) is 4.98 Å². The van der Waals surface area contributed by atoms with Crippen LogP contribution in [0.2, 0.25) is 0 Å². The average molecular weight is 412 g/mol. The number of aromatic nitrogens is 1. The van der Waals surface area contributed by atoms with Crippen LogP contribution in [0.1, 0.15) is 11.1 Å². The number of halogens is 2. The molecule has 5 heteroatoms. The number of nitrogens with zero attached hydrogens (tertiary/aromatic N) is 3. The third kappa shape index (κ3) is 2.19. The Morgan fingerprint density at radius 2 is 1.96 bits per heavy atom. The van der Waals surface area contributed by atoms with E-state index in [1.807, 2.05) is 12.3 Å². The van der Waals surface area contributed by atoms with E-state index in [-0.39, 0.29) is 11.2 Å². The number of aryl methyl sites for hydroxylation is 1. The Labute approximate surface area is 160 Å². The van der Waals surface area contributed by atoms with Crippen molar-refractivity contribution in [3.05, 3.63) is 64.0 Å². The predicted octanol–water partition coefficient (Wildman–Crippen LogP) is 4.65. The number of fused-ring (bicyclic) bond motifs is 4. The van der Waals surface area contributed by atoms with Crippen LogP contribution < -0.4 is 9.80 Å². The number of likely N-dealkylation sites (N-methyl/N-ethyl adjacent to an activating group) is 1. The predicted molar refractivity (Wildman–Crippen MR) is 108 cm³/mol. The molecule has 0 atom stereocenters. The van der Waals surface area contributed by atoms with Gasteiger partial charge in [0.1, 0.15) is 5.82 Å². The van der Waals surface area contributed by atoms with Crippen molar-refractivity contribution >= 4 is 38.2 Å². The Bertz CT molecular complexity index is 1040. The smallest absolute Gasteiger partial charge is 0.139 e. The summed E-state index contributed by atoms with van der Waals surface area (Å²) in [6.45, 7) is 5.05. The van der Waals surface area contributed by atoms with Gasteiger partial charge < -0.3 is 9.80 Å². The van der Waals surface area contributed by atoms with Crippen molar-refractivity contribution in [3.8, 4) is 0 Å². The van der Waals surface area contributed by atoms with E-state index in [1.54, 1.807) is 0 Å². The number of rotatable bonds is 1. The fourth-order valence-electron chi connectivity index (χ4n) is 4.59. The summed E-state index contributed by atoms with van der Waals surface area (Å²) in [6, 6.07) is 12.1. The van der Waals surface area contributed by atoms with Gasteiger partial charge in [0.25, 0.3) is 0 Å². The first-order chi connectivity index (χ1) is 12.5. The van der Waals surface area contributed by atoms with Crippen LogP contribution in [0.3, 0.4) is 0 Å². The van der Waals surface area contributed by atoms with Gasteiger partial charge in [0.15, 0.2) is 0 Å². The molecular weight excluding hydrogens is 393 g/mol. The topological polar surface area (TPSA) is 19.4 Å². The van der Waals surface area contributed by atoms with E-state index in [0.717, 1.165) is 30.5 Å². The van der Waals surface area contributed by atoms with Crippen molar-refractivity contribution in [2.45, 2.75) is 12.3 Å². The van der Waals surface area contributed by atoms with E-state index in [4.69, 9.17) is 0 Å². The van der Waals surface area contributed by atoms with Crippen molar-refractivity contribution in [1.29, 1.82) is 0 Å². The molecule has 2 aromatic carbocycles. The Balaban J connectivity index is 1.60. The molecular formula is C21H19BrFN3. The molecule has 3 nitrogen and oxygen atoms in total. The summed E-state index contributed by atoms with van der Waals surface area (Å²) in [5.41, 5.74) is 5.84. The number of hydrogen-bond donors (Lipinski definition) is 0. The van der Waals surface area contributed by atoms with Crippen LogP contribution in [0.15, 0.2) is 47.1 Å². The lowest BCUT2D eigenvalue weighted by atomic mass is 9.73. The number of benzene rings is 2. The zero-order valence-electron chi connectivity index (χ0n) is 14.8. The standard InChI is InChI=1S/C21H19BrFN3/c1-13-4-3-5-14(6-13)26-11-21(12-26)10-25(2)19-9-24-18-8-17(23)16(22)7-15(18)20(19)21/h3-9H,10-12H2,1-2H3. The normalized spacial score (nSPS) is 17.7. The Hall–Kier alpha value is -2.14. The van der Waals surface area contributed by atoms with Gasteiger partial charge in [-0.25, -0.2) is 4.39 Å². The Kier molecular flexibility index (Phi) is 3.35. The summed E-state index contributed by atoms with van der Waals surface area (Å²) in [5, 5.41) is 1.06. The summed E-state index contributed by atoms with van der Waals surface area (Å²) >= 11 is 3.35. The van der Waals surface area contributed by atoms with Gasteiger partial charge in [0.05, 0.1) is 27.3 Å². The summed E-state index contributed by atoms with van der Waals surface area (Å²) in [5.74, 6) is -0.264. The highest BCUT2D eigenvalue weighted by atomic mass is 79.9. The third-order valence-corrected chi connectivity index (χ3v) is 6.33. The Morgan fingerprint density at radius 3 is 2.73 bits per heavy atom. The van der Waals surface area contributed by atoms with Gasteiger partial charge >= 0.3 is 0 Å². The molecule has 0 N–H and O–H groups in total. The number of hydrogen-bond acceptors (Lipinski definition) is 3. The minimum Gasteiger partial charge on any atom is -0.372 e. The molecule has 3 heterocycles. The fourth-order valence-corrected chi connectivity index (χ4v) is 4.93. The maximum absolute atomic E-state index is 14.0. The van der Waals surface area contributed by atoms with Crippen molar-refractivity contribution in [2.24, 2.45) is 0 Å². The van der Waals surface area contributed by atoms with Crippen LogP contribution in [0.4, 0.5) is 15.8 Å². The minimum absolute atomic E-state index is 0.0757. The highest BCUT2D eigenvalue weighted by molar-refractivity contribution is 9.10. The summed E-state index contributed by atoms with van der Waals surface area (Å²) < 4.78 is 14.5. The summed E-state index contributed by atoms with van der Waals surface area (Å²) in [4.78, 5) is 9.22. The van der Waals surface area contributed by atoms with E-state index in [1.165, 1.54) is 28.6 Å². The SMILES string of the molecule is Cc1cccc(N2CC3(CN(C)c4cnc5cc(F)c(Br)cc5c43)C2)c1. The molecule has 0 saturated carbocycles. The van der Waals surface area contributed by atoms with Gasteiger partial charge in [-0.2, -0.15) is 0 Å². The van der Waals surface area contributed by atoms with Crippen LogP contribution in [0.25, 0.3) is 10.9 Å². The molecule has 0 aliphatic carbocycles. The zero-order chi connectivity index (χ0) is 18.1. The molecule has 1 spiro atoms. The van der Waals surface area contributed by atoms with E-state index < -0.39 is 0 Å². The second-order valence-electron chi connectivity index (χ2n) is 7.63. The van der Waals surface area contributed by atoms with E-state index in [9.17, 15) is 4.39 Å². The molecule has 0 radical (unpaired) electrons. The third-order valence-electron chi connectivity index (χ3n) is 5.73. The molecule has 0 bridgehead atoms. The number of anilines is 2. The van der Waals surface area contributed by atoms with Gasteiger partial charge in [-0.05, 0) is 52.2 Å². The van der Waals surface area contributed by atoms with Gasteiger partial charge in [0.2, 0.25) is 0 Å². The van der Waals surface area contributed by atoms with Gasteiger partial charge in [0, 0.05) is 43.8 Å². The molecule has 2 aliphatic rings. The number of pyridine rings is 1. The molecule has 1 saturated heterocycles. The van der Waals surface area contributed by atoms with Crippen LogP contribution in [-0.4, -0.2) is 31.7 Å². The van der Waals surface area contributed by atoms with Crippen LogP contribution >= 0.6 is 15.9 Å². The molecule has 1 aromatic heterocycles. The zero-order valence-corrected chi connectivity index (χ0v) is 16.3. The Morgan fingerprint density at radius 1 is 1.15 bits per heavy atom. The van der Waals surface area contributed by atoms with Crippen molar-refractivity contribution in [2.75, 3.05) is 36.5 Å². The first-order valence-corrected chi connectivity index (χ1v) is 9.57. The van der Waals surface area contributed by atoms with Crippen LogP contribution in [0.5, 0.6) is 0 Å². The lowest BCUT2D eigenvalue weighted by Gasteiger charge is -2.50. The monoisotopic (exact) mass is 411 g/mol. The molecule has 1 fully saturated rings. The quantitative estimate of drug-likeness (QED) is 0.580. The summed E-state index contributed by atoms with van der Waals surface area (Å²) in [6.07, 6.45) is 1.90. The fraction of sp³-hybridized carbons (Fsp3) is 0.286. The van der Waals surface area contributed by atoms with Gasteiger partial charge in [-0.1, -0.05) is 12.1 Å². The van der Waals surface area contributed by atoms with E-state index in [2.05, 4.69) is 69.0 Å². The highest BCUT2D eigenvalue weighted by Gasteiger charge is 2.51. The maximum atomic E-state index is 14.0. The highest BCUT2D eigenvalue weighted by Crippen LogP contribution is 2.49. The van der Waals surface area contributed by atoms with E-state index in [0.29, 0.717) is 4.47 Å². The van der Waals surface area contributed by atoms with E-state index >= 15 is 0 Å². The largest absolute Gasteiger partial charge is 0.372 e. The molecule has 26 heavy (non-hydrogen) atoms. The lowest BCUT2D eigenvalue weighted by Crippen LogP contribution is -2.61. The summed E-state index contributed by atoms with van der Waals surface area (Å²) in [7, 11) is 2.12. The molecule has 2 aliphatic heterocycles. The first kappa shape index (κ1) is 16.1. The van der Waals surface area contributed by atoms with Gasteiger partial charge in [-0.15, -0.1) is 0 Å². The maximum Gasteiger partial charge on any atom is 0.139 e. The second-order valence-corrected chi connectivity index (χ2v) is 8.49. The molecule has 3 aromatic rings. The molecule has 132 valence electrons. The van der Waals surface area contributed by atoms with Crippen LogP contribution in [0, 0.1) is 12.7 Å².